The second-order valence-corrected chi connectivity index (χ2v) is 3.41. The topological polar surface area (TPSA) is 58.6 Å². The molecule has 0 atom stereocenters. The highest BCUT2D eigenvalue weighted by Crippen LogP contribution is 2.13. The van der Waals surface area contributed by atoms with E-state index < -0.39 is 0 Å². The standard InChI is InChI=1S/C8H6BrN3O/c1-4-7(9)11-5-2-3-6(13)12-8(5)10-4/h2-3H,1H3,(H,10,12,13). The lowest BCUT2D eigenvalue weighted by molar-refractivity contribution is 1.10. The van der Waals surface area contributed by atoms with Crippen molar-refractivity contribution in [1.29, 1.82) is 0 Å². The molecule has 2 heterocycles. The molecule has 5 heteroatoms. The van der Waals surface area contributed by atoms with Crippen LogP contribution in [0.25, 0.3) is 11.2 Å². The Balaban J connectivity index is 2.89. The Morgan fingerprint density at radius 1 is 1.38 bits per heavy atom. The quantitative estimate of drug-likeness (QED) is 0.756. The van der Waals surface area contributed by atoms with Crippen LogP contribution in [0.15, 0.2) is 21.5 Å². The van der Waals surface area contributed by atoms with Crippen molar-refractivity contribution < 1.29 is 0 Å². The van der Waals surface area contributed by atoms with Crippen LogP contribution in [0.4, 0.5) is 0 Å². The van der Waals surface area contributed by atoms with Crippen LogP contribution in [0.2, 0.25) is 0 Å². The van der Waals surface area contributed by atoms with Gasteiger partial charge >= 0.3 is 0 Å². The molecule has 0 fully saturated rings. The molecule has 2 rings (SSSR count). The molecule has 4 nitrogen and oxygen atoms in total. The molecule has 0 unspecified atom stereocenters. The number of aromatic nitrogens is 3. The Labute approximate surface area is 82.2 Å². The molecule has 13 heavy (non-hydrogen) atoms. The van der Waals surface area contributed by atoms with E-state index in [4.69, 9.17) is 0 Å². The van der Waals surface area contributed by atoms with E-state index in [1.165, 1.54) is 6.07 Å². The molecule has 1 N–H and O–H groups in total. The van der Waals surface area contributed by atoms with Gasteiger partial charge in [0.05, 0.1) is 5.69 Å². The molecule has 0 amide bonds. The van der Waals surface area contributed by atoms with Crippen molar-refractivity contribution in [1.82, 2.24) is 15.0 Å². The minimum absolute atomic E-state index is 0.163. The van der Waals surface area contributed by atoms with Crippen LogP contribution < -0.4 is 5.56 Å². The summed E-state index contributed by atoms with van der Waals surface area (Å²) in [7, 11) is 0. The average Bonchev–Trinajstić information content (AvgIpc) is 2.08. The van der Waals surface area contributed by atoms with Gasteiger partial charge in [-0.05, 0) is 28.9 Å². The van der Waals surface area contributed by atoms with Crippen molar-refractivity contribution >= 4 is 27.1 Å². The second-order valence-electron chi connectivity index (χ2n) is 2.66. The van der Waals surface area contributed by atoms with E-state index in [0.29, 0.717) is 15.8 Å². The minimum Gasteiger partial charge on any atom is -0.305 e. The van der Waals surface area contributed by atoms with Gasteiger partial charge in [-0.3, -0.25) is 4.79 Å². The van der Waals surface area contributed by atoms with E-state index in [2.05, 4.69) is 30.9 Å². The van der Waals surface area contributed by atoms with E-state index in [0.717, 1.165) is 5.69 Å². The summed E-state index contributed by atoms with van der Waals surface area (Å²) >= 11 is 3.27. The number of hydrogen-bond donors (Lipinski definition) is 1. The number of aromatic amines is 1. The van der Waals surface area contributed by atoms with Crippen LogP contribution in [-0.4, -0.2) is 15.0 Å². The maximum Gasteiger partial charge on any atom is 0.249 e. The molecule has 0 aliphatic carbocycles. The third kappa shape index (κ3) is 1.47. The zero-order valence-corrected chi connectivity index (χ0v) is 8.42. The van der Waals surface area contributed by atoms with Gasteiger partial charge in [0.25, 0.3) is 0 Å². The first-order chi connectivity index (χ1) is 6.16. The smallest absolute Gasteiger partial charge is 0.249 e. The van der Waals surface area contributed by atoms with Gasteiger partial charge in [0.15, 0.2) is 5.65 Å². The van der Waals surface area contributed by atoms with Crippen molar-refractivity contribution in [2.75, 3.05) is 0 Å². The van der Waals surface area contributed by atoms with Crippen LogP contribution in [-0.2, 0) is 0 Å². The van der Waals surface area contributed by atoms with Gasteiger partial charge in [-0.25, -0.2) is 9.97 Å². The van der Waals surface area contributed by atoms with Crippen LogP contribution >= 0.6 is 15.9 Å². The highest BCUT2D eigenvalue weighted by atomic mass is 79.9. The highest BCUT2D eigenvalue weighted by molar-refractivity contribution is 9.10. The zero-order chi connectivity index (χ0) is 9.42. The lowest BCUT2D eigenvalue weighted by Gasteiger charge is -1.99. The van der Waals surface area contributed by atoms with E-state index in [1.807, 2.05) is 6.92 Å². The third-order valence-electron chi connectivity index (χ3n) is 1.67. The normalized spacial score (nSPS) is 10.6. The first kappa shape index (κ1) is 8.37. The number of hydrogen-bond acceptors (Lipinski definition) is 3. The van der Waals surface area contributed by atoms with Crippen molar-refractivity contribution in [3.05, 3.63) is 32.8 Å². The fraction of sp³-hybridized carbons (Fsp3) is 0.125. The molecular formula is C8H6BrN3O. The molecule has 0 aliphatic heterocycles. The van der Waals surface area contributed by atoms with E-state index in [-0.39, 0.29) is 5.56 Å². The van der Waals surface area contributed by atoms with Gasteiger partial charge in [-0.15, -0.1) is 0 Å². The summed E-state index contributed by atoms with van der Waals surface area (Å²) in [5.41, 5.74) is 1.79. The Bertz CT molecular complexity index is 520. The van der Waals surface area contributed by atoms with Crippen LogP contribution in [0.1, 0.15) is 5.69 Å². The van der Waals surface area contributed by atoms with Crippen LogP contribution in [0, 0.1) is 6.92 Å². The maximum absolute atomic E-state index is 10.9. The van der Waals surface area contributed by atoms with Gasteiger partial charge < -0.3 is 4.98 Å². The largest absolute Gasteiger partial charge is 0.305 e. The fourth-order valence-corrected chi connectivity index (χ4v) is 1.31. The molecule has 0 saturated carbocycles. The third-order valence-corrected chi connectivity index (χ3v) is 2.42. The predicted molar refractivity (Wildman–Crippen MR) is 52.6 cm³/mol. The first-order valence-electron chi connectivity index (χ1n) is 3.70. The zero-order valence-electron chi connectivity index (χ0n) is 6.84. The monoisotopic (exact) mass is 239 g/mol. The number of nitrogens with zero attached hydrogens (tertiary/aromatic N) is 2. The number of H-pyrrole nitrogens is 1. The summed E-state index contributed by atoms with van der Waals surface area (Å²) in [6, 6.07) is 3.07. The first-order valence-corrected chi connectivity index (χ1v) is 4.49. The van der Waals surface area contributed by atoms with Crippen molar-refractivity contribution in [3.8, 4) is 0 Å². The molecule has 2 aromatic rings. The van der Waals surface area contributed by atoms with Crippen molar-refractivity contribution in [2.45, 2.75) is 6.92 Å². The molecule has 0 bridgehead atoms. The average molecular weight is 240 g/mol. The molecular weight excluding hydrogens is 234 g/mol. The molecule has 0 spiro atoms. The van der Waals surface area contributed by atoms with Crippen molar-refractivity contribution in [2.24, 2.45) is 0 Å². The van der Waals surface area contributed by atoms with Gasteiger partial charge in [0, 0.05) is 6.07 Å². The lowest BCUT2D eigenvalue weighted by Crippen LogP contribution is -2.05. The molecule has 2 aromatic heterocycles. The number of halogens is 1. The lowest BCUT2D eigenvalue weighted by atomic mass is 10.4. The molecule has 66 valence electrons. The molecule has 0 saturated heterocycles. The minimum atomic E-state index is -0.163. The number of pyridine rings is 1. The Kier molecular flexibility index (Phi) is 1.88. The Hall–Kier alpha value is -1.23. The van der Waals surface area contributed by atoms with Gasteiger partial charge in [-0.2, -0.15) is 0 Å². The number of aryl methyl sites for hydroxylation is 1. The molecule has 0 aliphatic rings. The number of fused-ring (bicyclic) bond motifs is 1. The summed E-state index contributed by atoms with van der Waals surface area (Å²) < 4.78 is 0.701. The predicted octanol–water partition coefficient (Wildman–Crippen LogP) is 1.39. The summed E-state index contributed by atoms with van der Waals surface area (Å²) in [5.74, 6) is 0. The Morgan fingerprint density at radius 3 is 2.92 bits per heavy atom. The van der Waals surface area contributed by atoms with E-state index in [1.54, 1.807) is 6.07 Å². The fourth-order valence-electron chi connectivity index (χ4n) is 1.03. The summed E-state index contributed by atoms with van der Waals surface area (Å²) in [4.78, 5) is 21.9. The van der Waals surface area contributed by atoms with Crippen LogP contribution in [0.5, 0.6) is 0 Å². The summed E-state index contributed by atoms with van der Waals surface area (Å²) in [6.45, 7) is 1.82. The highest BCUT2D eigenvalue weighted by Gasteiger charge is 2.01. The second kappa shape index (κ2) is 2.92. The summed E-state index contributed by atoms with van der Waals surface area (Å²) in [5, 5.41) is 0. The molecule has 0 radical (unpaired) electrons. The SMILES string of the molecule is Cc1nc2[nH]c(=O)ccc2nc1Br. The number of rotatable bonds is 0. The van der Waals surface area contributed by atoms with E-state index in [9.17, 15) is 4.79 Å². The van der Waals surface area contributed by atoms with Gasteiger partial charge in [0.1, 0.15) is 10.1 Å². The Morgan fingerprint density at radius 2 is 2.15 bits per heavy atom. The van der Waals surface area contributed by atoms with Gasteiger partial charge in [-0.1, -0.05) is 0 Å². The van der Waals surface area contributed by atoms with Crippen molar-refractivity contribution in [3.63, 3.8) is 0 Å². The summed E-state index contributed by atoms with van der Waals surface area (Å²) in [6.07, 6.45) is 0. The maximum atomic E-state index is 10.9. The van der Waals surface area contributed by atoms with Crippen LogP contribution in [0.3, 0.4) is 0 Å². The van der Waals surface area contributed by atoms with E-state index >= 15 is 0 Å². The number of nitrogens with one attached hydrogen (secondary N) is 1. The van der Waals surface area contributed by atoms with Gasteiger partial charge in [0.2, 0.25) is 5.56 Å². The molecule has 0 aromatic carbocycles.